The Hall–Kier alpha value is -2.53. The number of amides is 2. The van der Waals surface area contributed by atoms with Crippen molar-refractivity contribution in [3.8, 4) is 5.75 Å². The van der Waals surface area contributed by atoms with Crippen molar-refractivity contribution in [1.82, 2.24) is 10.2 Å². The van der Waals surface area contributed by atoms with Crippen LogP contribution in [-0.2, 0) is 16.1 Å². The fourth-order valence-corrected chi connectivity index (χ4v) is 3.14. The number of carbonyl (C=O) groups is 2. The van der Waals surface area contributed by atoms with Crippen LogP contribution in [0.3, 0.4) is 0 Å². The Morgan fingerprint density at radius 1 is 1.14 bits per heavy atom. The summed E-state index contributed by atoms with van der Waals surface area (Å²) in [6.07, 6.45) is 1.36. The summed E-state index contributed by atoms with van der Waals surface area (Å²) in [7, 11) is 0. The molecule has 156 valence electrons. The number of hydrogen-bond donors (Lipinski definition) is 1. The molecule has 1 atom stereocenters. The molecule has 0 spiro atoms. The van der Waals surface area contributed by atoms with Gasteiger partial charge in [-0.15, -0.1) is 0 Å². The summed E-state index contributed by atoms with van der Waals surface area (Å²) in [4.78, 5) is 27.3. The van der Waals surface area contributed by atoms with E-state index in [-0.39, 0.29) is 18.4 Å². The van der Waals surface area contributed by atoms with Gasteiger partial charge < -0.3 is 15.0 Å². The van der Waals surface area contributed by atoms with E-state index < -0.39 is 6.04 Å². The molecule has 0 radical (unpaired) electrons. The molecule has 2 rings (SSSR count). The molecule has 0 aromatic heterocycles. The first kappa shape index (κ1) is 22.8. The number of benzene rings is 2. The van der Waals surface area contributed by atoms with Gasteiger partial charge in [0.15, 0.2) is 6.61 Å². The second-order valence-electron chi connectivity index (χ2n) is 6.97. The minimum Gasteiger partial charge on any atom is -0.484 e. The third kappa shape index (κ3) is 7.09. The SMILES string of the molecule is CCCNC(=O)[C@@H](CC)N(Cc1ccc(C)cc1)C(=O)COc1cccc(Cl)c1. The highest BCUT2D eigenvalue weighted by Gasteiger charge is 2.28. The summed E-state index contributed by atoms with van der Waals surface area (Å²) in [5.74, 6) is 0.131. The molecule has 0 saturated carbocycles. The predicted octanol–water partition coefficient (Wildman–Crippen LogP) is 4.36. The second kappa shape index (κ2) is 11.5. The van der Waals surface area contributed by atoms with Gasteiger partial charge in [0, 0.05) is 18.1 Å². The number of nitrogens with zero attached hydrogens (tertiary/aromatic N) is 1. The van der Waals surface area contributed by atoms with Crippen LogP contribution in [0.5, 0.6) is 5.75 Å². The molecule has 0 unspecified atom stereocenters. The molecule has 0 heterocycles. The molecule has 6 heteroatoms. The van der Waals surface area contributed by atoms with Crippen molar-refractivity contribution in [2.75, 3.05) is 13.2 Å². The maximum Gasteiger partial charge on any atom is 0.261 e. The van der Waals surface area contributed by atoms with Crippen LogP contribution in [-0.4, -0.2) is 35.9 Å². The van der Waals surface area contributed by atoms with Gasteiger partial charge in [0.25, 0.3) is 5.91 Å². The summed E-state index contributed by atoms with van der Waals surface area (Å²) < 4.78 is 5.63. The Balaban J connectivity index is 2.17. The zero-order valence-corrected chi connectivity index (χ0v) is 18.0. The van der Waals surface area contributed by atoms with Crippen LogP contribution in [0.25, 0.3) is 0 Å². The summed E-state index contributed by atoms with van der Waals surface area (Å²) in [6.45, 7) is 6.68. The van der Waals surface area contributed by atoms with Crippen LogP contribution >= 0.6 is 11.6 Å². The third-order valence-electron chi connectivity index (χ3n) is 4.57. The first-order valence-electron chi connectivity index (χ1n) is 9.95. The molecule has 0 aliphatic carbocycles. The van der Waals surface area contributed by atoms with Gasteiger partial charge in [-0.05, 0) is 43.5 Å². The fourth-order valence-electron chi connectivity index (χ4n) is 2.96. The van der Waals surface area contributed by atoms with Crippen LogP contribution in [0, 0.1) is 6.92 Å². The highest BCUT2D eigenvalue weighted by molar-refractivity contribution is 6.30. The molecule has 0 saturated heterocycles. The average molecular weight is 417 g/mol. The molecule has 0 aliphatic heterocycles. The van der Waals surface area contributed by atoms with Crippen molar-refractivity contribution < 1.29 is 14.3 Å². The van der Waals surface area contributed by atoms with Crippen LogP contribution in [0.15, 0.2) is 48.5 Å². The summed E-state index contributed by atoms with van der Waals surface area (Å²) in [5, 5.41) is 3.44. The zero-order chi connectivity index (χ0) is 21.2. The quantitative estimate of drug-likeness (QED) is 0.626. The van der Waals surface area contributed by atoms with Gasteiger partial charge in [0.05, 0.1) is 0 Å². The van der Waals surface area contributed by atoms with Crippen molar-refractivity contribution in [2.45, 2.75) is 46.2 Å². The molecule has 0 aliphatic rings. The van der Waals surface area contributed by atoms with Crippen LogP contribution in [0.2, 0.25) is 5.02 Å². The van der Waals surface area contributed by atoms with E-state index in [0.717, 1.165) is 17.5 Å². The Morgan fingerprint density at radius 2 is 1.86 bits per heavy atom. The lowest BCUT2D eigenvalue weighted by molar-refractivity contribution is -0.143. The maximum atomic E-state index is 13.0. The summed E-state index contributed by atoms with van der Waals surface area (Å²) in [6, 6.07) is 14.3. The minimum atomic E-state index is -0.557. The molecule has 29 heavy (non-hydrogen) atoms. The molecule has 2 aromatic carbocycles. The summed E-state index contributed by atoms with van der Waals surface area (Å²) >= 11 is 5.98. The smallest absolute Gasteiger partial charge is 0.261 e. The van der Waals surface area contributed by atoms with Crippen molar-refractivity contribution in [3.05, 3.63) is 64.7 Å². The van der Waals surface area contributed by atoms with Crippen LogP contribution in [0.1, 0.15) is 37.8 Å². The van der Waals surface area contributed by atoms with Gasteiger partial charge in [-0.3, -0.25) is 9.59 Å². The topological polar surface area (TPSA) is 58.6 Å². The number of aryl methyl sites for hydroxylation is 1. The Morgan fingerprint density at radius 3 is 2.48 bits per heavy atom. The summed E-state index contributed by atoms with van der Waals surface area (Å²) in [5.41, 5.74) is 2.11. The normalized spacial score (nSPS) is 11.6. The highest BCUT2D eigenvalue weighted by Crippen LogP contribution is 2.18. The van der Waals surface area contributed by atoms with E-state index in [1.54, 1.807) is 29.2 Å². The molecular weight excluding hydrogens is 388 g/mol. The van der Waals surface area contributed by atoms with Crippen molar-refractivity contribution in [3.63, 3.8) is 0 Å². The maximum absolute atomic E-state index is 13.0. The van der Waals surface area contributed by atoms with E-state index in [2.05, 4.69) is 5.32 Å². The monoisotopic (exact) mass is 416 g/mol. The number of ether oxygens (including phenoxy) is 1. The zero-order valence-electron chi connectivity index (χ0n) is 17.3. The fraction of sp³-hybridized carbons (Fsp3) is 0.391. The highest BCUT2D eigenvalue weighted by atomic mass is 35.5. The largest absolute Gasteiger partial charge is 0.484 e. The van der Waals surface area contributed by atoms with Crippen LogP contribution < -0.4 is 10.1 Å². The lowest BCUT2D eigenvalue weighted by Crippen LogP contribution is -2.50. The number of halogens is 1. The lowest BCUT2D eigenvalue weighted by Gasteiger charge is -2.30. The van der Waals surface area contributed by atoms with Crippen LogP contribution in [0.4, 0.5) is 0 Å². The van der Waals surface area contributed by atoms with Crippen molar-refractivity contribution in [2.24, 2.45) is 0 Å². The van der Waals surface area contributed by atoms with Gasteiger partial charge >= 0.3 is 0 Å². The molecular formula is C23H29ClN2O3. The molecule has 5 nitrogen and oxygen atoms in total. The van der Waals surface area contributed by atoms with Gasteiger partial charge in [-0.25, -0.2) is 0 Å². The number of rotatable bonds is 10. The van der Waals surface area contributed by atoms with E-state index in [9.17, 15) is 9.59 Å². The first-order chi connectivity index (χ1) is 13.9. The Bertz CT molecular complexity index is 808. The van der Waals surface area contributed by atoms with Gasteiger partial charge in [0.1, 0.15) is 11.8 Å². The number of nitrogens with one attached hydrogen (secondary N) is 1. The molecule has 0 bridgehead atoms. The molecule has 2 aromatic rings. The first-order valence-corrected chi connectivity index (χ1v) is 10.3. The minimum absolute atomic E-state index is 0.141. The number of hydrogen-bond acceptors (Lipinski definition) is 3. The number of carbonyl (C=O) groups excluding carboxylic acids is 2. The average Bonchev–Trinajstić information content (AvgIpc) is 2.71. The van der Waals surface area contributed by atoms with E-state index in [1.807, 2.05) is 45.0 Å². The van der Waals surface area contributed by atoms with Gasteiger partial charge in [-0.2, -0.15) is 0 Å². The van der Waals surface area contributed by atoms with Crippen molar-refractivity contribution in [1.29, 1.82) is 0 Å². The van der Waals surface area contributed by atoms with E-state index in [4.69, 9.17) is 16.3 Å². The van der Waals surface area contributed by atoms with Gasteiger partial charge in [-0.1, -0.05) is 61.3 Å². The van der Waals surface area contributed by atoms with E-state index >= 15 is 0 Å². The van der Waals surface area contributed by atoms with Gasteiger partial charge in [0.2, 0.25) is 5.91 Å². The Kier molecular flexibility index (Phi) is 9.00. The second-order valence-corrected chi connectivity index (χ2v) is 7.40. The molecule has 2 amide bonds. The standard InChI is InChI=1S/C23H29ClN2O3/c1-4-13-25-23(28)21(5-2)26(15-18-11-9-17(3)10-12-18)22(27)16-29-20-8-6-7-19(24)14-20/h6-12,14,21H,4-5,13,15-16H2,1-3H3,(H,25,28)/t21-/m1/s1. The molecule has 0 fully saturated rings. The lowest BCUT2D eigenvalue weighted by atomic mass is 10.1. The predicted molar refractivity (Wildman–Crippen MR) is 116 cm³/mol. The van der Waals surface area contributed by atoms with E-state index in [1.165, 1.54) is 0 Å². The molecule has 1 N–H and O–H groups in total. The van der Waals surface area contributed by atoms with E-state index in [0.29, 0.717) is 30.3 Å². The van der Waals surface area contributed by atoms with Crippen molar-refractivity contribution >= 4 is 23.4 Å². The Labute approximate surface area is 178 Å². The third-order valence-corrected chi connectivity index (χ3v) is 4.80.